The lowest BCUT2D eigenvalue weighted by molar-refractivity contribution is 0.104. The molecule has 0 bridgehead atoms. The molecule has 108 valence electrons. The fourth-order valence-corrected chi connectivity index (χ4v) is 2.45. The highest BCUT2D eigenvalue weighted by molar-refractivity contribution is 9.10. The van der Waals surface area contributed by atoms with E-state index >= 15 is 0 Å². The summed E-state index contributed by atoms with van der Waals surface area (Å²) in [5.41, 5.74) is 2.03. The lowest BCUT2D eigenvalue weighted by Crippen LogP contribution is -2.01. The second-order valence-electron chi connectivity index (χ2n) is 4.45. The van der Waals surface area contributed by atoms with E-state index in [0.717, 1.165) is 4.47 Å². The first-order valence-corrected chi connectivity index (χ1v) is 7.71. The van der Waals surface area contributed by atoms with Crippen molar-refractivity contribution in [2.75, 3.05) is 5.32 Å². The van der Waals surface area contributed by atoms with Gasteiger partial charge in [-0.15, -0.1) is 0 Å². The number of halogens is 3. The highest BCUT2D eigenvalue weighted by atomic mass is 79.9. The minimum atomic E-state index is -0.0717. The number of allylic oxidation sites excluding steroid dienone is 2. The predicted molar refractivity (Wildman–Crippen MR) is 92.3 cm³/mol. The van der Waals surface area contributed by atoms with Crippen LogP contribution in [0.1, 0.15) is 17.3 Å². The largest absolute Gasteiger partial charge is 0.358 e. The zero-order valence-corrected chi connectivity index (χ0v) is 14.3. The molecule has 0 aliphatic rings. The van der Waals surface area contributed by atoms with Crippen LogP contribution in [0, 0.1) is 0 Å². The molecule has 0 saturated carbocycles. The van der Waals surface area contributed by atoms with Gasteiger partial charge in [0.05, 0.1) is 10.7 Å². The molecule has 0 atom stereocenters. The first-order chi connectivity index (χ1) is 9.95. The Morgan fingerprint density at radius 3 is 2.43 bits per heavy atom. The summed E-state index contributed by atoms with van der Waals surface area (Å²) in [6.07, 6.45) is 1.54. The predicted octanol–water partition coefficient (Wildman–Crippen LogP) is 5.95. The number of benzene rings is 2. The van der Waals surface area contributed by atoms with Crippen molar-refractivity contribution in [3.8, 4) is 0 Å². The summed E-state index contributed by atoms with van der Waals surface area (Å²) in [5.74, 6) is -0.0717. The molecule has 5 heteroatoms. The van der Waals surface area contributed by atoms with Crippen LogP contribution < -0.4 is 5.32 Å². The summed E-state index contributed by atoms with van der Waals surface area (Å²) in [6, 6.07) is 12.4. The van der Waals surface area contributed by atoms with Gasteiger partial charge in [0.1, 0.15) is 0 Å². The van der Waals surface area contributed by atoms with Gasteiger partial charge in [0.25, 0.3) is 0 Å². The minimum Gasteiger partial charge on any atom is -0.358 e. The molecule has 0 radical (unpaired) electrons. The van der Waals surface area contributed by atoms with Crippen LogP contribution in [0.5, 0.6) is 0 Å². The van der Waals surface area contributed by atoms with Gasteiger partial charge in [-0.25, -0.2) is 0 Å². The molecule has 0 spiro atoms. The van der Waals surface area contributed by atoms with Gasteiger partial charge in [-0.05, 0) is 49.4 Å². The van der Waals surface area contributed by atoms with Crippen LogP contribution in [0.4, 0.5) is 5.69 Å². The molecule has 2 aromatic carbocycles. The van der Waals surface area contributed by atoms with Gasteiger partial charge in [0.2, 0.25) is 0 Å². The number of hydrogen-bond acceptors (Lipinski definition) is 2. The molecule has 2 rings (SSSR count). The Labute approximate surface area is 141 Å². The van der Waals surface area contributed by atoms with Crippen molar-refractivity contribution in [3.63, 3.8) is 0 Å². The first-order valence-electron chi connectivity index (χ1n) is 6.16. The lowest BCUT2D eigenvalue weighted by Gasteiger charge is -2.08. The molecule has 0 fully saturated rings. The van der Waals surface area contributed by atoms with E-state index in [1.165, 1.54) is 6.08 Å². The monoisotopic (exact) mass is 383 g/mol. The number of carbonyl (C=O) groups excluding carboxylic acids is 1. The van der Waals surface area contributed by atoms with Crippen molar-refractivity contribution in [3.05, 3.63) is 74.3 Å². The SMILES string of the molecule is C/C(=C\C(=O)c1ccc(Br)cc1)Nc1ccc(Cl)cc1Cl. The number of rotatable bonds is 4. The van der Waals surface area contributed by atoms with E-state index < -0.39 is 0 Å². The second kappa shape index (κ2) is 7.12. The number of carbonyl (C=O) groups is 1. The quantitative estimate of drug-likeness (QED) is 0.520. The smallest absolute Gasteiger partial charge is 0.187 e. The van der Waals surface area contributed by atoms with Crippen LogP contribution in [-0.4, -0.2) is 5.78 Å². The number of hydrogen-bond donors (Lipinski definition) is 1. The first kappa shape index (κ1) is 16.1. The van der Waals surface area contributed by atoms with Crippen molar-refractivity contribution < 1.29 is 4.79 Å². The summed E-state index contributed by atoms with van der Waals surface area (Å²) in [4.78, 5) is 12.1. The summed E-state index contributed by atoms with van der Waals surface area (Å²) in [5, 5.41) is 4.16. The van der Waals surface area contributed by atoms with Crippen LogP contribution in [0.3, 0.4) is 0 Å². The van der Waals surface area contributed by atoms with Crippen molar-refractivity contribution in [2.45, 2.75) is 6.92 Å². The zero-order valence-electron chi connectivity index (χ0n) is 11.2. The van der Waals surface area contributed by atoms with Crippen LogP contribution >= 0.6 is 39.1 Å². The van der Waals surface area contributed by atoms with E-state index in [0.29, 0.717) is 27.0 Å². The van der Waals surface area contributed by atoms with Crippen molar-refractivity contribution in [1.82, 2.24) is 0 Å². The maximum Gasteiger partial charge on any atom is 0.187 e. The van der Waals surface area contributed by atoms with Crippen LogP contribution in [0.2, 0.25) is 10.0 Å². The Bertz CT molecular complexity index is 696. The fourth-order valence-electron chi connectivity index (χ4n) is 1.73. The molecular formula is C16H12BrCl2NO. The Hall–Kier alpha value is -1.29. The van der Waals surface area contributed by atoms with E-state index in [1.807, 2.05) is 19.1 Å². The highest BCUT2D eigenvalue weighted by Crippen LogP contribution is 2.26. The normalized spacial score (nSPS) is 11.3. The lowest BCUT2D eigenvalue weighted by atomic mass is 10.1. The van der Waals surface area contributed by atoms with Gasteiger partial charge in [0.15, 0.2) is 5.78 Å². The number of anilines is 1. The minimum absolute atomic E-state index is 0.0717. The van der Waals surface area contributed by atoms with Gasteiger partial charge in [-0.1, -0.05) is 39.1 Å². The highest BCUT2D eigenvalue weighted by Gasteiger charge is 2.05. The van der Waals surface area contributed by atoms with E-state index in [2.05, 4.69) is 21.2 Å². The Morgan fingerprint density at radius 1 is 1.14 bits per heavy atom. The van der Waals surface area contributed by atoms with Gasteiger partial charge in [-0.2, -0.15) is 0 Å². The summed E-state index contributed by atoms with van der Waals surface area (Å²) >= 11 is 15.3. The van der Waals surface area contributed by atoms with Crippen molar-refractivity contribution in [1.29, 1.82) is 0 Å². The Kier molecular flexibility index (Phi) is 5.45. The third-order valence-electron chi connectivity index (χ3n) is 2.74. The van der Waals surface area contributed by atoms with Gasteiger partial charge < -0.3 is 5.32 Å². The van der Waals surface area contributed by atoms with E-state index in [9.17, 15) is 4.79 Å². The van der Waals surface area contributed by atoms with Crippen LogP contribution in [0.25, 0.3) is 0 Å². The Balaban J connectivity index is 2.13. The summed E-state index contributed by atoms with van der Waals surface area (Å²) < 4.78 is 0.936. The molecular weight excluding hydrogens is 373 g/mol. The molecule has 0 heterocycles. The number of ketones is 1. The summed E-state index contributed by atoms with van der Waals surface area (Å²) in [7, 11) is 0. The van der Waals surface area contributed by atoms with Gasteiger partial charge >= 0.3 is 0 Å². The second-order valence-corrected chi connectivity index (χ2v) is 6.21. The average molecular weight is 385 g/mol. The molecule has 2 nitrogen and oxygen atoms in total. The van der Waals surface area contributed by atoms with Crippen LogP contribution in [0.15, 0.2) is 58.7 Å². The molecule has 2 aromatic rings. The topological polar surface area (TPSA) is 29.1 Å². The van der Waals surface area contributed by atoms with Crippen molar-refractivity contribution >= 4 is 50.6 Å². The third-order valence-corrected chi connectivity index (χ3v) is 3.82. The molecule has 1 N–H and O–H groups in total. The summed E-state index contributed by atoms with van der Waals surface area (Å²) in [6.45, 7) is 1.81. The van der Waals surface area contributed by atoms with Crippen molar-refractivity contribution in [2.24, 2.45) is 0 Å². The zero-order chi connectivity index (χ0) is 15.4. The average Bonchev–Trinajstić information content (AvgIpc) is 2.42. The molecule has 0 saturated heterocycles. The molecule has 0 aromatic heterocycles. The number of nitrogens with one attached hydrogen (secondary N) is 1. The molecule has 0 aliphatic heterocycles. The maximum atomic E-state index is 12.1. The van der Waals surface area contributed by atoms with E-state index in [1.54, 1.807) is 30.3 Å². The molecule has 0 aliphatic carbocycles. The maximum absolute atomic E-state index is 12.1. The van der Waals surface area contributed by atoms with E-state index in [4.69, 9.17) is 23.2 Å². The van der Waals surface area contributed by atoms with E-state index in [-0.39, 0.29) is 5.78 Å². The van der Waals surface area contributed by atoms with Gasteiger partial charge in [0, 0.05) is 26.8 Å². The third kappa shape index (κ3) is 4.60. The molecule has 0 unspecified atom stereocenters. The van der Waals surface area contributed by atoms with Gasteiger partial charge in [-0.3, -0.25) is 4.79 Å². The molecule has 0 amide bonds. The van der Waals surface area contributed by atoms with Crippen LogP contribution in [-0.2, 0) is 0 Å². The fraction of sp³-hybridized carbons (Fsp3) is 0.0625. The Morgan fingerprint density at radius 2 is 1.81 bits per heavy atom. The molecule has 21 heavy (non-hydrogen) atoms. The standard InChI is InChI=1S/C16H12BrCl2NO/c1-10(20-15-7-6-13(18)9-14(15)19)8-16(21)11-2-4-12(17)5-3-11/h2-9,20H,1H3/b10-8+.